The van der Waals surface area contributed by atoms with E-state index in [0.717, 1.165) is 36.3 Å². The zero-order valence-corrected chi connectivity index (χ0v) is 13.4. The first-order valence-electron chi connectivity index (χ1n) is 7.22. The largest absolute Gasteiger partial charge is 0.488 e. The molecule has 0 saturated carbocycles. The Kier molecular flexibility index (Phi) is 4.47. The number of aliphatic hydroxyl groups excluding tert-OH is 1. The molecule has 1 saturated heterocycles. The number of ether oxygens (including phenoxy) is 1. The number of hydrogen-bond acceptors (Lipinski definition) is 4. The molecule has 2 heterocycles. The zero-order chi connectivity index (χ0) is 14.8. The van der Waals surface area contributed by atoms with Crippen molar-refractivity contribution < 1.29 is 14.6 Å². The van der Waals surface area contributed by atoms with Crippen molar-refractivity contribution in [3.63, 3.8) is 0 Å². The Morgan fingerprint density at radius 3 is 2.81 bits per heavy atom. The Bertz CT molecular complexity index is 530. The van der Waals surface area contributed by atoms with Crippen LogP contribution in [-0.2, 0) is 11.2 Å². The highest BCUT2D eigenvalue weighted by molar-refractivity contribution is 9.10. The van der Waals surface area contributed by atoms with Gasteiger partial charge in [0.1, 0.15) is 18.5 Å². The highest BCUT2D eigenvalue weighted by Gasteiger charge is 2.27. The second kappa shape index (κ2) is 6.34. The van der Waals surface area contributed by atoms with Gasteiger partial charge in [0.25, 0.3) is 0 Å². The summed E-state index contributed by atoms with van der Waals surface area (Å²) in [6.07, 6.45) is 1.12. The lowest BCUT2D eigenvalue weighted by Crippen LogP contribution is -2.51. The summed E-state index contributed by atoms with van der Waals surface area (Å²) in [5.74, 6) is 0.807. The molecule has 21 heavy (non-hydrogen) atoms. The first-order chi connectivity index (χ1) is 10.2. The van der Waals surface area contributed by atoms with E-state index in [2.05, 4.69) is 26.9 Å². The van der Waals surface area contributed by atoms with Gasteiger partial charge in [-0.2, -0.15) is 0 Å². The van der Waals surface area contributed by atoms with E-state index in [9.17, 15) is 4.79 Å². The number of halogens is 1. The van der Waals surface area contributed by atoms with Crippen LogP contribution in [0.1, 0.15) is 5.56 Å². The van der Waals surface area contributed by atoms with Gasteiger partial charge < -0.3 is 14.7 Å². The molecule has 1 fully saturated rings. The Morgan fingerprint density at radius 2 is 2.10 bits per heavy atom. The fourth-order valence-corrected chi connectivity index (χ4v) is 3.37. The number of nitrogens with zero attached hydrogens (tertiary/aromatic N) is 2. The molecule has 0 aliphatic carbocycles. The summed E-state index contributed by atoms with van der Waals surface area (Å²) in [6, 6.07) is 6.13. The first kappa shape index (κ1) is 14.8. The topological polar surface area (TPSA) is 53.0 Å². The van der Waals surface area contributed by atoms with Crippen molar-refractivity contribution in [3.8, 4) is 5.75 Å². The van der Waals surface area contributed by atoms with Crippen LogP contribution in [0.5, 0.6) is 5.75 Å². The second-order valence-corrected chi connectivity index (χ2v) is 6.45. The third-order valence-corrected chi connectivity index (χ3v) is 4.58. The Morgan fingerprint density at radius 1 is 1.33 bits per heavy atom. The molecule has 1 N–H and O–H groups in total. The number of hydrogen-bond donors (Lipinski definition) is 1. The quantitative estimate of drug-likeness (QED) is 0.875. The molecule has 1 unspecified atom stereocenters. The molecule has 2 aliphatic heterocycles. The van der Waals surface area contributed by atoms with Crippen LogP contribution < -0.4 is 4.74 Å². The number of carbonyl (C=O) groups is 1. The molecular formula is C15H19BrN2O3. The van der Waals surface area contributed by atoms with E-state index in [1.54, 1.807) is 4.90 Å². The third kappa shape index (κ3) is 3.39. The molecule has 1 aromatic carbocycles. The lowest BCUT2D eigenvalue weighted by atomic mass is 10.1. The van der Waals surface area contributed by atoms with E-state index in [4.69, 9.17) is 9.84 Å². The standard InChI is InChI=1S/C15H19BrN2O3/c16-12-1-2-14-11(7-12)8-13(21-14)9-17-3-5-18(6-4-17)15(20)10-19/h1-2,7,13,19H,3-6,8-10H2. The van der Waals surface area contributed by atoms with Gasteiger partial charge in [0, 0.05) is 43.6 Å². The minimum absolute atomic E-state index is 0.177. The predicted molar refractivity (Wildman–Crippen MR) is 82.4 cm³/mol. The summed E-state index contributed by atoms with van der Waals surface area (Å²) < 4.78 is 7.06. The molecular weight excluding hydrogens is 336 g/mol. The minimum atomic E-state index is -0.393. The lowest BCUT2D eigenvalue weighted by molar-refractivity contribution is -0.136. The molecule has 0 aromatic heterocycles. The highest BCUT2D eigenvalue weighted by atomic mass is 79.9. The predicted octanol–water partition coefficient (Wildman–Crippen LogP) is 0.889. The van der Waals surface area contributed by atoms with Crippen molar-refractivity contribution in [1.82, 2.24) is 9.80 Å². The van der Waals surface area contributed by atoms with Crippen LogP contribution in [0, 0.1) is 0 Å². The van der Waals surface area contributed by atoms with Crippen LogP contribution in [0.4, 0.5) is 0 Å². The van der Waals surface area contributed by atoms with Gasteiger partial charge in [-0.3, -0.25) is 9.69 Å². The van der Waals surface area contributed by atoms with E-state index in [1.165, 1.54) is 5.56 Å². The highest BCUT2D eigenvalue weighted by Crippen LogP contribution is 2.31. The summed E-state index contributed by atoms with van der Waals surface area (Å²) in [5, 5.41) is 8.88. The van der Waals surface area contributed by atoms with E-state index in [1.807, 2.05) is 12.1 Å². The van der Waals surface area contributed by atoms with Crippen molar-refractivity contribution in [1.29, 1.82) is 0 Å². The first-order valence-corrected chi connectivity index (χ1v) is 8.01. The van der Waals surface area contributed by atoms with Crippen LogP contribution in [0.25, 0.3) is 0 Å². The van der Waals surface area contributed by atoms with Gasteiger partial charge in [0.05, 0.1) is 0 Å². The van der Waals surface area contributed by atoms with Crippen molar-refractivity contribution in [2.75, 3.05) is 39.3 Å². The maximum absolute atomic E-state index is 11.4. The van der Waals surface area contributed by atoms with Crippen LogP contribution in [0.15, 0.2) is 22.7 Å². The number of piperazine rings is 1. The van der Waals surface area contributed by atoms with E-state index in [-0.39, 0.29) is 12.0 Å². The Labute approximate surface area is 132 Å². The van der Waals surface area contributed by atoms with Gasteiger partial charge in [-0.25, -0.2) is 0 Å². The number of carbonyl (C=O) groups excluding carboxylic acids is 1. The van der Waals surface area contributed by atoms with Crippen molar-refractivity contribution >= 4 is 21.8 Å². The van der Waals surface area contributed by atoms with E-state index in [0.29, 0.717) is 13.1 Å². The Hall–Kier alpha value is -1.11. The van der Waals surface area contributed by atoms with E-state index < -0.39 is 6.61 Å². The van der Waals surface area contributed by atoms with E-state index >= 15 is 0 Å². The van der Waals surface area contributed by atoms with Crippen LogP contribution in [0.2, 0.25) is 0 Å². The monoisotopic (exact) mass is 354 g/mol. The van der Waals surface area contributed by atoms with Gasteiger partial charge >= 0.3 is 0 Å². The van der Waals surface area contributed by atoms with Crippen LogP contribution in [0.3, 0.4) is 0 Å². The number of fused-ring (bicyclic) bond motifs is 1. The molecule has 2 aliphatic rings. The van der Waals surface area contributed by atoms with Crippen molar-refractivity contribution in [3.05, 3.63) is 28.2 Å². The number of benzene rings is 1. The third-order valence-electron chi connectivity index (χ3n) is 4.09. The summed E-state index contributed by atoms with van der Waals surface area (Å²) in [4.78, 5) is 15.5. The second-order valence-electron chi connectivity index (χ2n) is 5.54. The molecule has 1 amide bonds. The summed E-state index contributed by atoms with van der Waals surface area (Å²) in [6.45, 7) is 3.54. The normalized spacial score (nSPS) is 22.0. The SMILES string of the molecule is O=C(CO)N1CCN(CC2Cc3cc(Br)ccc3O2)CC1. The van der Waals surface area contributed by atoms with Crippen molar-refractivity contribution in [2.45, 2.75) is 12.5 Å². The Balaban J connectivity index is 1.50. The molecule has 6 heteroatoms. The van der Waals surface area contributed by atoms with Gasteiger partial charge in [-0.1, -0.05) is 15.9 Å². The molecule has 0 spiro atoms. The number of aliphatic hydroxyl groups is 1. The van der Waals surface area contributed by atoms with Crippen LogP contribution >= 0.6 is 15.9 Å². The smallest absolute Gasteiger partial charge is 0.248 e. The maximum atomic E-state index is 11.4. The van der Waals surface area contributed by atoms with Gasteiger partial charge in [-0.15, -0.1) is 0 Å². The lowest BCUT2D eigenvalue weighted by Gasteiger charge is -2.35. The molecule has 0 bridgehead atoms. The average molecular weight is 355 g/mol. The number of rotatable bonds is 3. The molecule has 1 aromatic rings. The van der Waals surface area contributed by atoms with Crippen molar-refractivity contribution in [2.24, 2.45) is 0 Å². The minimum Gasteiger partial charge on any atom is -0.488 e. The van der Waals surface area contributed by atoms with Gasteiger partial charge in [0.2, 0.25) is 5.91 Å². The fourth-order valence-electron chi connectivity index (χ4n) is 2.96. The van der Waals surface area contributed by atoms with Gasteiger partial charge in [-0.05, 0) is 23.8 Å². The molecule has 3 rings (SSSR count). The van der Waals surface area contributed by atoms with Crippen LogP contribution in [-0.4, -0.2) is 66.2 Å². The fraction of sp³-hybridized carbons (Fsp3) is 0.533. The number of amides is 1. The summed E-state index contributed by atoms with van der Waals surface area (Å²) >= 11 is 3.49. The average Bonchev–Trinajstić information content (AvgIpc) is 2.88. The molecule has 1 atom stereocenters. The van der Waals surface area contributed by atoms with Gasteiger partial charge in [0.15, 0.2) is 0 Å². The summed E-state index contributed by atoms with van der Waals surface area (Å²) in [5.41, 5.74) is 1.25. The summed E-state index contributed by atoms with van der Waals surface area (Å²) in [7, 11) is 0. The maximum Gasteiger partial charge on any atom is 0.248 e. The molecule has 5 nitrogen and oxygen atoms in total. The molecule has 0 radical (unpaired) electrons. The molecule has 114 valence electrons. The zero-order valence-electron chi connectivity index (χ0n) is 11.8.